The minimum absolute atomic E-state index is 0.0771. The highest BCUT2D eigenvalue weighted by Gasteiger charge is 2.26. The van der Waals surface area contributed by atoms with E-state index >= 15 is 0 Å². The standard InChI is InChI=1S/C64H52N6/c1-42-20-7-4-12-32-54(42)62-67-60(68-63(70-62)55-33-14-13-21-43(55)2)52-31-19-29-50(40-52)48-27-17-26-47(38-48)49-28-18-30-51(39-49)58-41-53(37-36-44(58)3)61-65-59(46-24-10-6-11-25-46)66-64(69-61)57-35-16-15-34-56(57)45-22-8-5-9-23-45/h4-19,21-43,54-55H,20H2,1-3H3. The molecular weight excluding hydrogens is 853 g/mol. The van der Waals surface area contributed by atoms with Gasteiger partial charge in [-0.3, -0.25) is 0 Å². The number of hydrogen-bond donors (Lipinski definition) is 0. The average Bonchev–Trinajstić information content (AvgIpc) is 3.65. The van der Waals surface area contributed by atoms with Crippen LogP contribution in [0.2, 0.25) is 0 Å². The maximum Gasteiger partial charge on any atom is 0.164 e. The smallest absolute Gasteiger partial charge is 0.164 e. The Morgan fingerprint density at radius 1 is 0.343 bits per heavy atom. The Hall–Kier alpha value is -8.48. The van der Waals surface area contributed by atoms with Crippen LogP contribution in [0.25, 0.3) is 90.1 Å². The number of rotatable bonds is 10. The lowest BCUT2D eigenvalue weighted by Crippen LogP contribution is -2.18. The average molecular weight is 905 g/mol. The van der Waals surface area contributed by atoms with Gasteiger partial charge in [0.15, 0.2) is 23.3 Å². The lowest BCUT2D eigenvalue weighted by atomic mass is 9.88. The van der Waals surface area contributed by atoms with Gasteiger partial charge in [-0.15, -0.1) is 0 Å². The number of allylic oxidation sites excluding steroid dienone is 8. The highest BCUT2D eigenvalue weighted by atomic mass is 15.0. The molecule has 0 saturated heterocycles. The van der Waals surface area contributed by atoms with E-state index in [1.807, 2.05) is 42.5 Å². The Kier molecular flexibility index (Phi) is 12.4. The zero-order valence-corrected chi connectivity index (χ0v) is 39.6. The van der Waals surface area contributed by atoms with E-state index in [1.165, 1.54) is 0 Å². The Morgan fingerprint density at radius 3 is 1.53 bits per heavy atom. The fourth-order valence-corrected chi connectivity index (χ4v) is 9.65. The molecule has 4 unspecified atom stereocenters. The van der Waals surface area contributed by atoms with E-state index in [0.29, 0.717) is 29.2 Å². The van der Waals surface area contributed by atoms with Crippen LogP contribution in [0.4, 0.5) is 0 Å². The van der Waals surface area contributed by atoms with Gasteiger partial charge in [-0.25, -0.2) is 29.9 Å². The van der Waals surface area contributed by atoms with Crippen molar-refractivity contribution in [3.05, 3.63) is 242 Å². The fourth-order valence-electron chi connectivity index (χ4n) is 9.65. The summed E-state index contributed by atoms with van der Waals surface area (Å²) in [5, 5.41) is 0. The molecule has 70 heavy (non-hydrogen) atoms. The molecule has 6 nitrogen and oxygen atoms in total. The third-order valence-corrected chi connectivity index (χ3v) is 13.6. The topological polar surface area (TPSA) is 77.3 Å². The van der Waals surface area contributed by atoms with Crippen LogP contribution in [0.5, 0.6) is 0 Å². The zero-order chi connectivity index (χ0) is 47.4. The SMILES string of the molecule is Cc1ccc(-c2nc(-c3ccccc3)nc(-c3ccccc3-c3ccccc3)n2)cc1-c1cccc(-c2cccc(-c3cccc(-c4nc(C5C=CC=CC5C)nc(C5C=CC=CCC5C)n4)c3)c2)c1. The van der Waals surface area contributed by atoms with Crippen molar-refractivity contribution in [3.8, 4) is 90.1 Å². The van der Waals surface area contributed by atoms with E-state index in [2.05, 4.69) is 203 Å². The highest BCUT2D eigenvalue weighted by molar-refractivity contribution is 5.83. The van der Waals surface area contributed by atoms with Crippen molar-refractivity contribution in [2.75, 3.05) is 0 Å². The maximum absolute atomic E-state index is 5.21. The summed E-state index contributed by atoms with van der Waals surface area (Å²) in [6.45, 7) is 6.68. The van der Waals surface area contributed by atoms with Crippen LogP contribution in [0.1, 0.15) is 49.3 Å². The molecule has 0 radical (unpaired) electrons. The molecule has 2 aliphatic carbocycles. The van der Waals surface area contributed by atoms with Crippen LogP contribution < -0.4 is 0 Å². The van der Waals surface area contributed by atoms with Gasteiger partial charge in [-0.1, -0.05) is 214 Å². The summed E-state index contributed by atoms with van der Waals surface area (Å²) in [6.07, 6.45) is 18.4. The molecule has 4 atom stereocenters. The summed E-state index contributed by atoms with van der Waals surface area (Å²) < 4.78 is 0. The van der Waals surface area contributed by atoms with Crippen LogP contribution in [-0.4, -0.2) is 29.9 Å². The summed E-state index contributed by atoms with van der Waals surface area (Å²) >= 11 is 0. The Labute approximate surface area is 410 Å². The molecule has 0 spiro atoms. The largest absolute Gasteiger partial charge is 0.217 e. The second-order valence-electron chi connectivity index (χ2n) is 18.4. The van der Waals surface area contributed by atoms with Gasteiger partial charge in [-0.2, -0.15) is 0 Å². The molecule has 0 aliphatic heterocycles. The minimum atomic E-state index is 0.0771. The summed E-state index contributed by atoms with van der Waals surface area (Å²) in [5.74, 6) is 5.05. The summed E-state index contributed by atoms with van der Waals surface area (Å²) in [4.78, 5) is 31.0. The fraction of sp³-hybridized carbons (Fsp3) is 0.125. The first-order valence-electron chi connectivity index (χ1n) is 24.2. The van der Waals surface area contributed by atoms with Crippen molar-refractivity contribution in [2.45, 2.75) is 39.0 Å². The zero-order valence-electron chi connectivity index (χ0n) is 39.6. The number of aryl methyl sites for hydroxylation is 1. The van der Waals surface area contributed by atoms with Crippen molar-refractivity contribution in [1.29, 1.82) is 0 Å². The van der Waals surface area contributed by atoms with Crippen LogP contribution in [0.15, 0.2) is 225 Å². The second-order valence-corrected chi connectivity index (χ2v) is 18.4. The van der Waals surface area contributed by atoms with Crippen LogP contribution in [-0.2, 0) is 0 Å². The molecule has 11 rings (SSSR count). The maximum atomic E-state index is 5.21. The number of nitrogens with zero attached hydrogens (tertiary/aromatic N) is 6. The van der Waals surface area contributed by atoms with Crippen LogP contribution >= 0.6 is 0 Å². The normalized spacial score (nSPS) is 17.4. The van der Waals surface area contributed by atoms with Gasteiger partial charge in [-0.05, 0) is 99.5 Å². The molecule has 6 heteroatoms. The lowest BCUT2D eigenvalue weighted by molar-refractivity contribution is 0.504. The molecule has 0 bridgehead atoms. The molecule has 338 valence electrons. The molecule has 0 amide bonds. The van der Waals surface area contributed by atoms with E-state index in [0.717, 1.165) is 90.4 Å². The molecule has 2 aromatic heterocycles. The molecular formula is C64H52N6. The predicted octanol–water partition coefficient (Wildman–Crippen LogP) is 15.8. The van der Waals surface area contributed by atoms with E-state index in [9.17, 15) is 0 Å². The monoisotopic (exact) mass is 904 g/mol. The van der Waals surface area contributed by atoms with Gasteiger partial charge in [0.1, 0.15) is 11.6 Å². The van der Waals surface area contributed by atoms with Gasteiger partial charge >= 0.3 is 0 Å². The lowest BCUT2D eigenvalue weighted by Gasteiger charge is -2.23. The quantitative estimate of drug-likeness (QED) is 0.136. The molecule has 7 aromatic carbocycles. The van der Waals surface area contributed by atoms with Gasteiger partial charge in [0, 0.05) is 34.1 Å². The van der Waals surface area contributed by atoms with Crippen molar-refractivity contribution in [1.82, 2.24) is 29.9 Å². The number of hydrogen-bond acceptors (Lipinski definition) is 6. The summed E-state index contributed by atoms with van der Waals surface area (Å²) in [5.41, 5.74) is 13.8. The first kappa shape index (κ1) is 44.1. The third-order valence-electron chi connectivity index (χ3n) is 13.6. The van der Waals surface area contributed by atoms with Gasteiger partial charge < -0.3 is 0 Å². The van der Waals surface area contributed by atoms with Gasteiger partial charge in [0.25, 0.3) is 0 Å². The summed E-state index contributed by atoms with van der Waals surface area (Å²) in [6, 6.07) is 61.6. The minimum Gasteiger partial charge on any atom is -0.217 e. The molecule has 0 saturated carbocycles. The first-order valence-corrected chi connectivity index (χ1v) is 24.2. The van der Waals surface area contributed by atoms with E-state index in [-0.39, 0.29) is 17.8 Å². The van der Waals surface area contributed by atoms with Crippen molar-refractivity contribution in [3.63, 3.8) is 0 Å². The molecule has 2 heterocycles. The van der Waals surface area contributed by atoms with Crippen LogP contribution in [0, 0.1) is 18.8 Å². The first-order chi connectivity index (χ1) is 34.4. The number of benzene rings is 7. The molecule has 0 fully saturated rings. The third kappa shape index (κ3) is 9.24. The van der Waals surface area contributed by atoms with Gasteiger partial charge in [0.05, 0.1) is 0 Å². The van der Waals surface area contributed by atoms with E-state index in [4.69, 9.17) is 29.9 Å². The van der Waals surface area contributed by atoms with Crippen molar-refractivity contribution in [2.24, 2.45) is 11.8 Å². The van der Waals surface area contributed by atoms with Gasteiger partial charge in [0.2, 0.25) is 0 Å². The predicted molar refractivity (Wildman–Crippen MR) is 286 cm³/mol. The number of aromatic nitrogens is 6. The molecule has 2 aliphatic rings. The molecule has 9 aromatic rings. The van der Waals surface area contributed by atoms with E-state index in [1.54, 1.807) is 0 Å². The second kappa shape index (κ2) is 19.6. The van der Waals surface area contributed by atoms with Crippen LogP contribution in [0.3, 0.4) is 0 Å². The highest BCUT2D eigenvalue weighted by Crippen LogP contribution is 2.38. The Bertz CT molecular complexity index is 3480. The Morgan fingerprint density at radius 2 is 0.829 bits per heavy atom. The Balaban J connectivity index is 0.932. The van der Waals surface area contributed by atoms with E-state index < -0.39 is 0 Å². The van der Waals surface area contributed by atoms with Crippen molar-refractivity contribution < 1.29 is 0 Å². The van der Waals surface area contributed by atoms with Crippen molar-refractivity contribution >= 4 is 0 Å². The summed E-state index contributed by atoms with van der Waals surface area (Å²) in [7, 11) is 0. The molecule has 0 N–H and O–H groups in total.